The molecule has 0 amide bonds. The van der Waals surface area contributed by atoms with Gasteiger partial charge in [0.1, 0.15) is 11.6 Å². The molecule has 3 heterocycles. The van der Waals surface area contributed by atoms with Crippen molar-refractivity contribution in [3.8, 4) is 0 Å². The highest BCUT2D eigenvalue weighted by molar-refractivity contribution is 5.89. The number of pyridine rings is 2. The quantitative estimate of drug-likeness (QED) is 0.701. The van der Waals surface area contributed by atoms with E-state index in [-0.39, 0.29) is 5.97 Å². The number of hydrogen-bond donors (Lipinski definition) is 1. The number of fused-ring (bicyclic) bond motifs is 1. The maximum Gasteiger partial charge on any atom is 0.339 e. The molecule has 0 fully saturated rings. The lowest BCUT2D eigenvalue weighted by Gasteiger charge is -2.06. The Kier molecular flexibility index (Phi) is 4.46. The molecule has 3 aromatic rings. The number of hydrogen-bond acceptors (Lipinski definition) is 6. The van der Waals surface area contributed by atoms with E-state index in [1.807, 2.05) is 28.8 Å². The summed E-state index contributed by atoms with van der Waals surface area (Å²) in [6.45, 7) is 2.79. The molecule has 0 bridgehead atoms. The summed E-state index contributed by atoms with van der Waals surface area (Å²) in [6, 6.07) is 9.25. The van der Waals surface area contributed by atoms with Gasteiger partial charge in [-0.25, -0.2) is 9.78 Å². The van der Waals surface area contributed by atoms with Gasteiger partial charge in [0.25, 0.3) is 0 Å². The minimum atomic E-state index is -0.360. The Labute approximate surface area is 133 Å². The number of anilines is 1. The lowest BCUT2D eigenvalue weighted by Crippen LogP contribution is -2.10. The SMILES string of the molecule is CCOC(=O)c1ccc(NCCc2nnc3ccccn23)nc1. The lowest BCUT2D eigenvalue weighted by atomic mass is 10.3. The molecule has 0 aliphatic heterocycles. The molecule has 0 spiro atoms. The topological polar surface area (TPSA) is 81.4 Å². The van der Waals surface area contributed by atoms with Crippen LogP contribution in [0.15, 0.2) is 42.7 Å². The molecule has 0 saturated heterocycles. The van der Waals surface area contributed by atoms with Crippen molar-refractivity contribution >= 4 is 17.4 Å². The van der Waals surface area contributed by atoms with Gasteiger partial charge in [-0.2, -0.15) is 0 Å². The Morgan fingerprint density at radius 3 is 2.96 bits per heavy atom. The minimum Gasteiger partial charge on any atom is -0.462 e. The highest BCUT2D eigenvalue weighted by Gasteiger charge is 2.07. The standard InChI is InChI=1S/C16H17N5O2/c1-2-23-16(22)12-6-7-13(18-11-12)17-9-8-15-20-19-14-5-3-4-10-21(14)15/h3-7,10-11H,2,8-9H2,1H3,(H,17,18). The molecule has 0 saturated carbocycles. The molecule has 23 heavy (non-hydrogen) atoms. The van der Waals surface area contributed by atoms with Crippen LogP contribution in [0, 0.1) is 0 Å². The first-order valence-corrected chi connectivity index (χ1v) is 7.43. The summed E-state index contributed by atoms with van der Waals surface area (Å²) in [4.78, 5) is 15.8. The van der Waals surface area contributed by atoms with E-state index in [0.29, 0.717) is 31.0 Å². The zero-order valence-corrected chi connectivity index (χ0v) is 12.8. The zero-order chi connectivity index (χ0) is 16.1. The van der Waals surface area contributed by atoms with Gasteiger partial charge in [0, 0.05) is 25.4 Å². The average molecular weight is 311 g/mol. The third-order valence-corrected chi connectivity index (χ3v) is 3.31. The largest absolute Gasteiger partial charge is 0.462 e. The fourth-order valence-corrected chi connectivity index (χ4v) is 2.20. The van der Waals surface area contributed by atoms with Gasteiger partial charge in [-0.05, 0) is 31.2 Å². The molecule has 7 nitrogen and oxygen atoms in total. The number of nitrogens with one attached hydrogen (secondary N) is 1. The molecule has 3 rings (SSSR count). The molecule has 118 valence electrons. The molecule has 0 aliphatic carbocycles. The Bertz CT molecular complexity index is 798. The van der Waals surface area contributed by atoms with Crippen molar-refractivity contribution in [3.63, 3.8) is 0 Å². The van der Waals surface area contributed by atoms with Crippen LogP contribution in [0.4, 0.5) is 5.82 Å². The van der Waals surface area contributed by atoms with E-state index >= 15 is 0 Å². The van der Waals surface area contributed by atoms with Gasteiger partial charge in [0.15, 0.2) is 5.65 Å². The summed E-state index contributed by atoms with van der Waals surface area (Å²) < 4.78 is 6.88. The monoisotopic (exact) mass is 311 g/mol. The van der Waals surface area contributed by atoms with Crippen LogP contribution >= 0.6 is 0 Å². The van der Waals surface area contributed by atoms with Crippen LogP contribution in [0.3, 0.4) is 0 Å². The Hall–Kier alpha value is -2.96. The molecular formula is C16H17N5O2. The van der Waals surface area contributed by atoms with Gasteiger partial charge in [-0.3, -0.25) is 4.40 Å². The highest BCUT2D eigenvalue weighted by Crippen LogP contribution is 2.08. The van der Waals surface area contributed by atoms with E-state index in [1.165, 1.54) is 6.20 Å². The first-order chi connectivity index (χ1) is 11.3. The zero-order valence-electron chi connectivity index (χ0n) is 12.8. The van der Waals surface area contributed by atoms with Crippen molar-refractivity contribution in [2.45, 2.75) is 13.3 Å². The molecule has 0 aromatic carbocycles. The number of esters is 1. The van der Waals surface area contributed by atoms with Gasteiger partial charge in [0.2, 0.25) is 0 Å². The normalized spacial score (nSPS) is 10.7. The van der Waals surface area contributed by atoms with Crippen LogP contribution in [0.25, 0.3) is 5.65 Å². The van der Waals surface area contributed by atoms with E-state index in [9.17, 15) is 4.79 Å². The second-order valence-corrected chi connectivity index (χ2v) is 4.87. The van der Waals surface area contributed by atoms with Crippen LogP contribution in [0.5, 0.6) is 0 Å². The second kappa shape index (κ2) is 6.87. The van der Waals surface area contributed by atoms with Gasteiger partial charge in [0.05, 0.1) is 12.2 Å². The highest BCUT2D eigenvalue weighted by atomic mass is 16.5. The molecule has 1 N–H and O–H groups in total. The lowest BCUT2D eigenvalue weighted by molar-refractivity contribution is 0.0526. The van der Waals surface area contributed by atoms with Gasteiger partial charge in [-0.15, -0.1) is 10.2 Å². The minimum absolute atomic E-state index is 0.352. The van der Waals surface area contributed by atoms with E-state index in [2.05, 4.69) is 20.5 Å². The molecule has 0 atom stereocenters. The van der Waals surface area contributed by atoms with Crippen LogP contribution in [-0.4, -0.2) is 38.7 Å². The maximum absolute atomic E-state index is 11.5. The first kappa shape index (κ1) is 15.0. The van der Waals surface area contributed by atoms with E-state index in [0.717, 1.165) is 11.5 Å². The third kappa shape index (κ3) is 3.45. The maximum atomic E-state index is 11.5. The molecular weight excluding hydrogens is 294 g/mol. The summed E-state index contributed by atoms with van der Waals surface area (Å²) in [5.74, 6) is 1.23. The fraction of sp³-hybridized carbons (Fsp3) is 0.250. The van der Waals surface area contributed by atoms with E-state index < -0.39 is 0 Å². The van der Waals surface area contributed by atoms with Crippen LogP contribution in [-0.2, 0) is 11.2 Å². The smallest absolute Gasteiger partial charge is 0.339 e. The molecule has 0 aliphatic rings. The van der Waals surface area contributed by atoms with Gasteiger partial charge >= 0.3 is 5.97 Å². The van der Waals surface area contributed by atoms with Crippen molar-refractivity contribution in [3.05, 3.63) is 54.1 Å². The average Bonchev–Trinajstić information content (AvgIpc) is 2.99. The fourth-order valence-electron chi connectivity index (χ4n) is 2.20. The molecule has 0 unspecified atom stereocenters. The summed E-state index contributed by atoms with van der Waals surface area (Å²) in [6.07, 6.45) is 4.16. The molecule has 3 aromatic heterocycles. The van der Waals surface area contributed by atoms with Gasteiger partial charge < -0.3 is 10.1 Å². The summed E-state index contributed by atoms with van der Waals surface area (Å²) in [5, 5.41) is 11.5. The molecule has 7 heteroatoms. The van der Waals surface area contributed by atoms with Crippen LogP contribution in [0.1, 0.15) is 23.1 Å². The number of rotatable bonds is 6. The summed E-state index contributed by atoms with van der Waals surface area (Å²) >= 11 is 0. The Balaban J connectivity index is 1.57. The number of nitrogens with zero attached hydrogens (tertiary/aromatic N) is 4. The van der Waals surface area contributed by atoms with Crippen molar-refractivity contribution < 1.29 is 9.53 Å². The predicted molar refractivity (Wildman–Crippen MR) is 85.4 cm³/mol. The van der Waals surface area contributed by atoms with Gasteiger partial charge in [-0.1, -0.05) is 6.07 Å². The van der Waals surface area contributed by atoms with Crippen LogP contribution < -0.4 is 5.32 Å². The van der Waals surface area contributed by atoms with Crippen LogP contribution in [0.2, 0.25) is 0 Å². The number of ether oxygens (including phenoxy) is 1. The Morgan fingerprint density at radius 1 is 1.26 bits per heavy atom. The summed E-state index contributed by atoms with van der Waals surface area (Å²) in [5.41, 5.74) is 1.28. The van der Waals surface area contributed by atoms with Crippen molar-refractivity contribution in [2.75, 3.05) is 18.5 Å². The second-order valence-electron chi connectivity index (χ2n) is 4.87. The first-order valence-electron chi connectivity index (χ1n) is 7.43. The summed E-state index contributed by atoms with van der Waals surface area (Å²) in [7, 11) is 0. The predicted octanol–water partition coefficient (Wildman–Crippen LogP) is 1.96. The van der Waals surface area contributed by atoms with E-state index in [1.54, 1.807) is 19.1 Å². The van der Waals surface area contributed by atoms with E-state index in [4.69, 9.17) is 4.74 Å². The Morgan fingerprint density at radius 2 is 2.17 bits per heavy atom. The van der Waals surface area contributed by atoms with Crippen molar-refractivity contribution in [1.82, 2.24) is 19.6 Å². The van der Waals surface area contributed by atoms with Crippen molar-refractivity contribution in [2.24, 2.45) is 0 Å². The third-order valence-electron chi connectivity index (χ3n) is 3.31. The number of aromatic nitrogens is 4. The number of carbonyl (C=O) groups is 1. The molecule has 0 radical (unpaired) electrons. The van der Waals surface area contributed by atoms with Crippen molar-refractivity contribution in [1.29, 1.82) is 0 Å². The number of carbonyl (C=O) groups excluding carboxylic acids is 1.